The second-order valence-corrected chi connectivity index (χ2v) is 6.71. The number of likely N-dealkylation sites (N-methyl/N-ethyl adjacent to an activating group) is 1. The summed E-state index contributed by atoms with van der Waals surface area (Å²) in [7, 11) is 1.96. The van der Waals surface area contributed by atoms with Gasteiger partial charge in [0, 0.05) is 17.9 Å². The van der Waals surface area contributed by atoms with E-state index in [1.165, 1.54) is 0 Å². The molecule has 2 rings (SSSR count). The van der Waals surface area contributed by atoms with Crippen molar-refractivity contribution in [3.05, 3.63) is 34.9 Å². The van der Waals surface area contributed by atoms with Gasteiger partial charge in [0.05, 0.1) is 6.61 Å². The molecule has 0 saturated heterocycles. The van der Waals surface area contributed by atoms with Gasteiger partial charge in [-0.25, -0.2) is 0 Å². The second kappa shape index (κ2) is 8.63. The lowest BCUT2D eigenvalue weighted by Gasteiger charge is -2.44. The molecular weight excluding hydrogens is 326 g/mol. The third-order valence-corrected chi connectivity index (χ3v) is 5.13. The summed E-state index contributed by atoms with van der Waals surface area (Å²) < 4.78 is 4.97. The van der Waals surface area contributed by atoms with Crippen molar-refractivity contribution >= 4 is 23.4 Å². The molecule has 1 aliphatic rings. The third kappa shape index (κ3) is 3.98. The second-order valence-electron chi connectivity index (χ2n) is 6.30. The predicted molar refractivity (Wildman–Crippen MR) is 95.1 cm³/mol. The highest BCUT2D eigenvalue weighted by molar-refractivity contribution is 6.31. The number of carbonyl (C=O) groups is 2. The number of nitrogens with zero attached hydrogens (tertiary/aromatic N) is 1. The van der Waals surface area contributed by atoms with Gasteiger partial charge in [-0.3, -0.25) is 14.5 Å². The van der Waals surface area contributed by atoms with Crippen molar-refractivity contribution in [3.63, 3.8) is 0 Å². The van der Waals surface area contributed by atoms with Gasteiger partial charge in [-0.2, -0.15) is 0 Å². The van der Waals surface area contributed by atoms with E-state index >= 15 is 0 Å². The van der Waals surface area contributed by atoms with Crippen molar-refractivity contribution in [2.75, 3.05) is 20.2 Å². The quantitative estimate of drug-likeness (QED) is 0.698. The number of esters is 1. The summed E-state index contributed by atoms with van der Waals surface area (Å²) in [6.07, 6.45) is 4.31. The average Bonchev–Trinajstić information content (AvgIpc) is 2.56. The zero-order valence-electron chi connectivity index (χ0n) is 14.5. The molecular formula is C19H26ClNO3. The number of carbonyl (C=O) groups excluding carboxylic acids is 2. The molecule has 0 N–H and O–H groups in total. The summed E-state index contributed by atoms with van der Waals surface area (Å²) in [5.74, 6) is 0.0353. The van der Waals surface area contributed by atoms with Crippen molar-refractivity contribution < 1.29 is 14.3 Å². The minimum atomic E-state index is -0.675. The van der Waals surface area contributed by atoms with Crippen molar-refractivity contribution in [1.82, 2.24) is 4.90 Å². The monoisotopic (exact) mass is 351 g/mol. The minimum absolute atomic E-state index is 0.187. The van der Waals surface area contributed by atoms with E-state index < -0.39 is 5.54 Å². The molecule has 1 aromatic carbocycles. The highest BCUT2D eigenvalue weighted by Gasteiger charge is 2.45. The van der Waals surface area contributed by atoms with Gasteiger partial charge >= 0.3 is 5.97 Å². The summed E-state index contributed by atoms with van der Waals surface area (Å²) in [4.78, 5) is 26.5. The number of rotatable bonds is 7. The highest BCUT2D eigenvalue weighted by atomic mass is 35.5. The first kappa shape index (κ1) is 18.9. The number of Topliss-reactive ketones (excluding diaryl/α,β-unsaturated/α-hetero) is 1. The Morgan fingerprint density at radius 2 is 2.08 bits per heavy atom. The molecule has 5 heteroatoms. The van der Waals surface area contributed by atoms with Gasteiger partial charge in [0.1, 0.15) is 5.54 Å². The summed E-state index contributed by atoms with van der Waals surface area (Å²) in [5.41, 5.74) is 0.209. The smallest absolute Gasteiger partial charge is 0.305 e. The Bertz CT molecular complexity index is 590. The standard InChI is InChI=1S/C19H26ClNO3/c1-3-24-18(23)12-8-14-21(2)19(13-7-6-11-17(19)22)15-9-4-5-10-16(15)20/h4-5,9-10H,3,6-8,11-14H2,1-2H3. The number of benzene rings is 1. The average molecular weight is 352 g/mol. The molecule has 0 spiro atoms. The van der Waals surface area contributed by atoms with Crippen LogP contribution in [0.15, 0.2) is 24.3 Å². The maximum Gasteiger partial charge on any atom is 0.305 e. The van der Waals surface area contributed by atoms with E-state index in [2.05, 4.69) is 4.90 Å². The van der Waals surface area contributed by atoms with Gasteiger partial charge in [-0.05, 0) is 51.4 Å². The summed E-state index contributed by atoms with van der Waals surface area (Å²) in [6.45, 7) is 2.85. The van der Waals surface area contributed by atoms with Crippen LogP contribution in [0.5, 0.6) is 0 Å². The highest BCUT2D eigenvalue weighted by Crippen LogP contribution is 2.42. The van der Waals surface area contributed by atoms with Gasteiger partial charge in [-0.15, -0.1) is 0 Å². The Morgan fingerprint density at radius 3 is 2.75 bits per heavy atom. The third-order valence-electron chi connectivity index (χ3n) is 4.80. The van der Waals surface area contributed by atoms with Gasteiger partial charge < -0.3 is 4.74 Å². The van der Waals surface area contributed by atoms with Crippen molar-refractivity contribution in [2.24, 2.45) is 0 Å². The van der Waals surface area contributed by atoms with Crippen LogP contribution in [0, 0.1) is 0 Å². The van der Waals surface area contributed by atoms with E-state index in [-0.39, 0.29) is 11.8 Å². The lowest BCUT2D eigenvalue weighted by Crippen LogP contribution is -2.52. The van der Waals surface area contributed by atoms with Crippen LogP contribution < -0.4 is 0 Å². The Balaban J connectivity index is 2.19. The van der Waals surface area contributed by atoms with Crippen molar-refractivity contribution in [2.45, 2.75) is 51.0 Å². The van der Waals surface area contributed by atoms with Gasteiger partial charge in [0.25, 0.3) is 0 Å². The molecule has 1 unspecified atom stereocenters. The molecule has 0 aromatic heterocycles. The zero-order chi connectivity index (χ0) is 17.6. The molecule has 4 nitrogen and oxygen atoms in total. The first-order valence-corrected chi connectivity index (χ1v) is 9.05. The van der Waals surface area contributed by atoms with E-state index in [9.17, 15) is 9.59 Å². The predicted octanol–water partition coefficient (Wildman–Crippen LogP) is 3.95. The molecule has 0 heterocycles. The SMILES string of the molecule is CCOC(=O)CCCN(C)C1(c2ccccc2Cl)CCCCC1=O. The summed E-state index contributed by atoms with van der Waals surface area (Å²) >= 11 is 6.43. The number of ketones is 1. The van der Waals surface area contributed by atoms with E-state index in [0.717, 1.165) is 24.8 Å². The largest absolute Gasteiger partial charge is 0.466 e. The lowest BCUT2D eigenvalue weighted by molar-refractivity contribution is -0.143. The number of hydrogen-bond donors (Lipinski definition) is 0. The van der Waals surface area contributed by atoms with Crippen molar-refractivity contribution in [3.8, 4) is 0 Å². The molecule has 0 amide bonds. The molecule has 0 aliphatic heterocycles. The minimum Gasteiger partial charge on any atom is -0.466 e. The summed E-state index contributed by atoms with van der Waals surface area (Å²) in [6, 6.07) is 7.60. The van der Waals surface area contributed by atoms with E-state index in [0.29, 0.717) is 37.4 Å². The first-order chi connectivity index (χ1) is 11.5. The number of ether oxygens (including phenoxy) is 1. The van der Waals surface area contributed by atoms with Crippen LogP contribution in [-0.2, 0) is 19.9 Å². The van der Waals surface area contributed by atoms with Crippen LogP contribution in [0.4, 0.5) is 0 Å². The molecule has 1 atom stereocenters. The van der Waals surface area contributed by atoms with Gasteiger partial charge in [-0.1, -0.05) is 36.2 Å². The topological polar surface area (TPSA) is 46.6 Å². The van der Waals surface area contributed by atoms with Crippen LogP contribution >= 0.6 is 11.6 Å². The fourth-order valence-corrected chi connectivity index (χ4v) is 3.88. The van der Waals surface area contributed by atoms with Crippen LogP contribution in [0.1, 0.15) is 51.0 Å². The van der Waals surface area contributed by atoms with E-state index in [4.69, 9.17) is 16.3 Å². The first-order valence-electron chi connectivity index (χ1n) is 8.67. The molecule has 1 aromatic rings. The molecule has 0 radical (unpaired) electrons. The number of halogens is 1. The Morgan fingerprint density at radius 1 is 1.33 bits per heavy atom. The van der Waals surface area contributed by atoms with Gasteiger partial charge in [0.15, 0.2) is 5.78 Å². The maximum absolute atomic E-state index is 12.9. The molecule has 1 fully saturated rings. The normalized spacial score (nSPS) is 21.1. The number of hydrogen-bond acceptors (Lipinski definition) is 4. The Hall–Kier alpha value is -1.39. The van der Waals surface area contributed by atoms with E-state index in [1.54, 1.807) is 6.92 Å². The van der Waals surface area contributed by atoms with Crippen molar-refractivity contribution in [1.29, 1.82) is 0 Å². The van der Waals surface area contributed by atoms with Crippen LogP contribution in [0.25, 0.3) is 0 Å². The van der Waals surface area contributed by atoms with Crippen LogP contribution in [0.3, 0.4) is 0 Å². The molecule has 24 heavy (non-hydrogen) atoms. The Labute approximate surface area is 149 Å². The fraction of sp³-hybridized carbons (Fsp3) is 0.579. The zero-order valence-corrected chi connectivity index (χ0v) is 15.3. The summed E-state index contributed by atoms with van der Waals surface area (Å²) in [5, 5.41) is 0.630. The molecule has 0 bridgehead atoms. The molecule has 132 valence electrons. The van der Waals surface area contributed by atoms with Crippen LogP contribution in [0.2, 0.25) is 5.02 Å². The molecule has 1 aliphatic carbocycles. The van der Waals surface area contributed by atoms with Gasteiger partial charge in [0.2, 0.25) is 0 Å². The Kier molecular flexibility index (Phi) is 6.81. The van der Waals surface area contributed by atoms with Crippen LogP contribution in [-0.4, -0.2) is 36.9 Å². The molecule has 1 saturated carbocycles. The maximum atomic E-state index is 12.9. The lowest BCUT2D eigenvalue weighted by atomic mass is 9.74. The fourth-order valence-electron chi connectivity index (χ4n) is 3.59. The van der Waals surface area contributed by atoms with E-state index in [1.807, 2.05) is 31.3 Å².